The zero-order chi connectivity index (χ0) is 19.0. The molecule has 1 amide bonds. The molecule has 2 heterocycles. The van der Waals surface area contributed by atoms with Crippen LogP contribution < -0.4 is 5.32 Å². The molecule has 4 rings (SSSR count). The number of anilines is 1. The second-order valence-corrected chi connectivity index (χ2v) is 7.54. The fourth-order valence-corrected chi connectivity index (χ4v) is 4.09. The molecule has 2 aromatic carbocycles. The van der Waals surface area contributed by atoms with Gasteiger partial charge in [0.2, 0.25) is 0 Å². The summed E-state index contributed by atoms with van der Waals surface area (Å²) in [5.41, 5.74) is 5.45. The van der Waals surface area contributed by atoms with Gasteiger partial charge in [-0.3, -0.25) is 9.48 Å². The first-order chi connectivity index (χ1) is 13.0. The minimum atomic E-state index is -0.152. The number of hydrogen-bond acceptors (Lipinski definition) is 4. The molecule has 0 fully saturated rings. The van der Waals surface area contributed by atoms with Crippen molar-refractivity contribution in [2.24, 2.45) is 0 Å². The van der Waals surface area contributed by atoms with Crippen LogP contribution >= 0.6 is 11.3 Å². The predicted octanol–water partition coefficient (Wildman–Crippen LogP) is 5.05. The largest absolute Gasteiger partial charge is 0.321 e. The molecule has 0 unspecified atom stereocenters. The Hall–Kier alpha value is -2.99. The molecule has 0 aliphatic rings. The first kappa shape index (κ1) is 17.4. The molecule has 0 spiro atoms. The fourth-order valence-electron chi connectivity index (χ4n) is 3.02. The molecule has 5 nitrogen and oxygen atoms in total. The summed E-state index contributed by atoms with van der Waals surface area (Å²) < 4.78 is 2.90. The van der Waals surface area contributed by atoms with Gasteiger partial charge >= 0.3 is 0 Å². The van der Waals surface area contributed by atoms with Crippen molar-refractivity contribution < 1.29 is 4.79 Å². The lowest BCUT2D eigenvalue weighted by Crippen LogP contribution is -2.17. The van der Waals surface area contributed by atoms with E-state index in [2.05, 4.69) is 35.5 Å². The van der Waals surface area contributed by atoms with Gasteiger partial charge in [0.1, 0.15) is 10.7 Å². The van der Waals surface area contributed by atoms with Crippen molar-refractivity contribution in [3.8, 4) is 10.6 Å². The molecule has 0 bridgehead atoms. The summed E-state index contributed by atoms with van der Waals surface area (Å²) in [4.78, 5) is 17.2. The van der Waals surface area contributed by atoms with Crippen molar-refractivity contribution in [1.82, 2.24) is 14.8 Å². The van der Waals surface area contributed by atoms with E-state index < -0.39 is 0 Å². The van der Waals surface area contributed by atoms with Crippen LogP contribution in [0.1, 0.15) is 28.7 Å². The Bertz CT molecular complexity index is 1130. The molecule has 0 aliphatic carbocycles. The van der Waals surface area contributed by atoms with Crippen molar-refractivity contribution >= 4 is 33.1 Å². The molecule has 1 N–H and O–H groups in total. The van der Waals surface area contributed by atoms with E-state index in [4.69, 9.17) is 4.98 Å². The van der Waals surface area contributed by atoms with Crippen LogP contribution in [-0.4, -0.2) is 20.7 Å². The molecular formula is C21H20N4OS. The van der Waals surface area contributed by atoms with Crippen LogP contribution in [0.25, 0.3) is 20.8 Å². The molecule has 0 aliphatic heterocycles. The first-order valence-electron chi connectivity index (χ1n) is 8.87. The van der Waals surface area contributed by atoms with E-state index in [0.29, 0.717) is 12.2 Å². The second-order valence-electron chi connectivity index (χ2n) is 6.51. The molecule has 0 saturated carbocycles. The highest BCUT2D eigenvalue weighted by Crippen LogP contribution is 2.31. The Morgan fingerprint density at radius 2 is 1.89 bits per heavy atom. The third-order valence-corrected chi connectivity index (χ3v) is 5.44. The number of benzene rings is 2. The third kappa shape index (κ3) is 3.48. The van der Waals surface area contributed by atoms with Crippen molar-refractivity contribution in [3.05, 3.63) is 65.5 Å². The van der Waals surface area contributed by atoms with Crippen LogP contribution in [0, 0.1) is 13.8 Å². The zero-order valence-corrected chi connectivity index (χ0v) is 16.3. The number of carbonyl (C=O) groups is 1. The third-order valence-electron chi connectivity index (χ3n) is 4.37. The van der Waals surface area contributed by atoms with Gasteiger partial charge in [0, 0.05) is 17.8 Å². The van der Waals surface area contributed by atoms with Crippen LogP contribution in [-0.2, 0) is 6.54 Å². The SMILES string of the molecule is CCn1nc(C)cc1C(=O)Nc1ccc(-c2nc3ccc(C)cc3s2)cc1. The van der Waals surface area contributed by atoms with Crippen LogP contribution in [0.4, 0.5) is 5.69 Å². The van der Waals surface area contributed by atoms with Crippen molar-refractivity contribution in [2.75, 3.05) is 5.32 Å². The summed E-state index contributed by atoms with van der Waals surface area (Å²) in [6.07, 6.45) is 0. The van der Waals surface area contributed by atoms with Gasteiger partial charge in [-0.1, -0.05) is 6.07 Å². The quantitative estimate of drug-likeness (QED) is 0.542. The number of aryl methyl sites for hydroxylation is 3. The Balaban J connectivity index is 1.55. The maximum atomic E-state index is 12.5. The number of fused-ring (bicyclic) bond motifs is 1. The monoisotopic (exact) mass is 376 g/mol. The van der Waals surface area contributed by atoms with Gasteiger partial charge in [0.15, 0.2) is 0 Å². The van der Waals surface area contributed by atoms with Crippen molar-refractivity contribution in [1.29, 1.82) is 0 Å². The molecule has 2 aromatic heterocycles. The van der Waals surface area contributed by atoms with Crippen molar-refractivity contribution in [2.45, 2.75) is 27.3 Å². The summed E-state index contributed by atoms with van der Waals surface area (Å²) in [6.45, 7) is 6.60. The molecule has 6 heteroatoms. The lowest BCUT2D eigenvalue weighted by Gasteiger charge is -2.07. The fraction of sp³-hybridized carbons (Fsp3) is 0.190. The van der Waals surface area contributed by atoms with Gasteiger partial charge in [0.05, 0.1) is 15.9 Å². The van der Waals surface area contributed by atoms with Gasteiger partial charge in [-0.15, -0.1) is 11.3 Å². The summed E-state index contributed by atoms with van der Waals surface area (Å²) in [5.74, 6) is -0.152. The summed E-state index contributed by atoms with van der Waals surface area (Å²) in [6, 6.07) is 15.9. The van der Waals surface area contributed by atoms with Gasteiger partial charge in [-0.05, 0) is 68.8 Å². The van der Waals surface area contributed by atoms with Crippen molar-refractivity contribution in [3.63, 3.8) is 0 Å². The number of nitrogens with one attached hydrogen (secondary N) is 1. The Morgan fingerprint density at radius 1 is 1.11 bits per heavy atom. The molecule has 0 atom stereocenters. The lowest BCUT2D eigenvalue weighted by molar-refractivity contribution is 0.101. The van der Waals surface area contributed by atoms with Gasteiger partial charge < -0.3 is 5.32 Å². The number of hydrogen-bond donors (Lipinski definition) is 1. The summed E-state index contributed by atoms with van der Waals surface area (Å²) in [7, 11) is 0. The van der Waals surface area contributed by atoms with E-state index in [-0.39, 0.29) is 5.91 Å². The van der Waals surface area contributed by atoms with E-state index in [1.807, 2.05) is 38.1 Å². The highest BCUT2D eigenvalue weighted by atomic mass is 32.1. The van der Waals surface area contributed by atoms with E-state index in [0.717, 1.165) is 27.5 Å². The standard InChI is InChI=1S/C21H20N4OS/c1-4-25-18(12-14(3)24-25)20(26)22-16-8-6-15(7-9-16)21-23-17-10-5-13(2)11-19(17)27-21/h5-12H,4H2,1-3H3,(H,22,26). The van der Waals surface area contributed by atoms with Gasteiger partial charge in [-0.2, -0.15) is 5.10 Å². The highest BCUT2D eigenvalue weighted by molar-refractivity contribution is 7.21. The Morgan fingerprint density at radius 3 is 2.63 bits per heavy atom. The maximum absolute atomic E-state index is 12.5. The summed E-state index contributed by atoms with van der Waals surface area (Å²) >= 11 is 1.68. The van der Waals surface area contributed by atoms with Crippen LogP contribution in [0.3, 0.4) is 0 Å². The lowest BCUT2D eigenvalue weighted by atomic mass is 10.2. The van der Waals surface area contributed by atoms with E-state index >= 15 is 0 Å². The Labute approximate surface area is 161 Å². The molecule has 136 valence electrons. The predicted molar refractivity (Wildman–Crippen MR) is 110 cm³/mol. The number of amides is 1. The molecule has 4 aromatic rings. The average Bonchev–Trinajstić information content (AvgIpc) is 3.25. The maximum Gasteiger partial charge on any atom is 0.273 e. The van der Waals surface area contributed by atoms with E-state index in [1.165, 1.54) is 10.3 Å². The Kier molecular flexibility index (Phi) is 4.49. The van der Waals surface area contributed by atoms with E-state index in [9.17, 15) is 4.79 Å². The van der Waals surface area contributed by atoms with Crippen LogP contribution in [0.5, 0.6) is 0 Å². The number of thiazole rings is 1. The zero-order valence-electron chi connectivity index (χ0n) is 15.5. The van der Waals surface area contributed by atoms with E-state index in [1.54, 1.807) is 22.1 Å². The van der Waals surface area contributed by atoms with Gasteiger partial charge in [0.25, 0.3) is 5.91 Å². The average molecular weight is 376 g/mol. The topological polar surface area (TPSA) is 59.8 Å². The van der Waals surface area contributed by atoms with Crippen LogP contribution in [0.2, 0.25) is 0 Å². The number of nitrogens with zero attached hydrogens (tertiary/aromatic N) is 3. The highest BCUT2D eigenvalue weighted by Gasteiger charge is 2.13. The summed E-state index contributed by atoms with van der Waals surface area (Å²) in [5, 5.41) is 8.24. The van der Waals surface area contributed by atoms with Crippen LogP contribution in [0.15, 0.2) is 48.5 Å². The first-order valence-corrected chi connectivity index (χ1v) is 9.68. The second kappa shape index (κ2) is 6.96. The minimum Gasteiger partial charge on any atom is -0.321 e. The normalized spacial score (nSPS) is 11.1. The number of carbonyl (C=O) groups excluding carboxylic acids is 1. The molecular weight excluding hydrogens is 356 g/mol. The molecule has 0 radical (unpaired) electrons. The molecule has 27 heavy (non-hydrogen) atoms. The minimum absolute atomic E-state index is 0.152. The van der Waals surface area contributed by atoms with Gasteiger partial charge in [-0.25, -0.2) is 4.98 Å². The smallest absolute Gasteiger partial charge is 0.273 e. The number of aromatic nitrogens is 3. The molecule has 0 saturated heterocycles. The number of rotatable bonds is 4.